The predicted octanol–water partition coefficient (Wildman–Crippen LogP) is -4.04. The summed E-state index contributed by atoms with van der Waals surface area (Å²) >= 11 is 0. The van der Waals surface area contributed by atoms with Crippen LogP contribution < -0.4 is 0 Å². The zero-order valence-corrected chi connectivity index (χ0v) is 12.1. The molecule has 4 unspecified atom stereocenters. The molecular weight excluding hydrogens is 352 g/mol. The van der Waals surface area contributed by atoms with Crippen LogP contribution in [0.4, 0.5) is 0 Å². The van der Waals surface area contributed by atoms with Gasteiger partial charge in [0.2, 0.25) is 0 Å². The van der Waals surface area contributed by atoms with E-state index in [-0.39, 0.29) is 0 Å². The number of aliphatic hydroxyl groups excluding tert-OH is 2. The van der Waals surface area contributed by atoms with Crippen molar-refractivity contribution in [3.63, 3.8) is 0 Å². The maximum Gasteiger partial charge on any atom is 0.420 e. The van der Waals surface area contributed by atoms with Crippen molar-refractivity contribution in [2.75, 3.05) is 6.61 Å². The fourth-order valence-electron chi connectivity index (χ4n) is 2.35. The topological polar surface area (TPSA) is 192 Å². The maximum absolute atomic E-state index is 12.2. The highest BCUT2D eigenvalue weighted by Crippen LogP contribution is 2.38. The highest BCUT2D eigenvalue weighted by atomic mass is 16.9. The number of ether oxygens (including phenoxy) is 5. The van der Waals surface area contributed by atoms with Gasteiger partial charge in [0.25, 0.3) is 6.29 Å². The molecule has 4 rings (SSSR count). The first-order valence-corrected chi connectivity index (χ1v) is 6.70. The lowest BCUT2D eigenvalue weighted by Gasteiger charge is -2.42. The van der Waals surface area contributed by atoms with Crippen LogP contribution in [-0.4, -0.2) is 75.2 Å². The number of cyclic esters (lactones) is 1. The van der Waals surface area contributed by atoms with E-state index in [9.17, 15) is 39.3 Å². The van der Waals surface area contributed by atoms with Crippen LogP contribution in [0.5, 0.6) is 0 Å². The van der Waals surface area contributed by atoms with Crippen LogP contribution in [0.1, 0.15) is 12.8 Å². The van der Waals surface area contributed by atoms with Gasteiger partial charge in [-0.1, -0.05) is 0 Å². The molecule has 4 atom stereocenters. The van der Waals surface area contributed by atoms with Crippen molar-refractivity contribution in [3.8, 4) is 0 Å². The molecule has 4 aliphatic rings. The Balaban J connectivity index is 2.25. The van der Waals surface area contributed by atoms with Crippen molar-refractivity contribution in [3.05, 3.63) is 0 Å². The van der Waals surface area contributed by atoms with E-state index in [2.05, 4.69) is 23.7 Å². The summed E-state index contributed by atoms with van der Waals surface area (Å²) in [6.45, 7) is -1.42. The number of rotatable bonds is 1. The molecular formula is C12H10O13. The molecule has 4 heterocycles. The first-order valence-electron chi connectivity index (χ1n) is 6.70. The third-order valence-electron chi connectivity index (χ3n) is 3.65. The number of carbonyl (C=O) groups excluding carboxylic acids is 5. The Kier molecular flexibility index (Phi) is 3.49. The van der Waals surface area contributed by atoms with Crippen molar-refractivity contribution in [1.29, 1.82) is 0 Å². The molecule has 4 aliphatic heterocycles. The average molecular weight is 362 g/mol. The summed E-state index contributed by atoms with van der Waals surface area (Å²) in [6, 6.07) is 0. The number of hydrogen-bond donors (Lipinski definition) is 3. The molecule has 25 heavy (non-hydrogen) atoms. The minimum Gasteiger partial charge on any atom is -0.426 e. The zero-order valence-electron chi connectivity index (χ0n) is 12.1. The SMILES string of the molecule is O=C1CC2(O)CC(=O)OC3(OC(=O)C(CO)(OC2=O)OC3=O)C(O)O1. The lowest BCUT2D eigenvalue weighted by molar-refractivity contribution is -0.349. The molecule has 3 N–H and O–H groups in total. The molecule has 0 saturated carbocycles. The van der Waals surface area contributed by atoms with Crippen LogP contribution in [0, 0.1) is 0 Å². The van der Waals surface area contributed by atoms with E-state index in [0.717, 1.165) is 0 Å². The van der Waals surface area contributed by atoms with Gasteiger partial charge in [-0.05, 0) is 0 Å². The largest absolute Gasteiger partial charge is 0.426 e. The molecule has 136 valence electrons. The van der Waals surface area contributed by atoms with Crippen molar-refractivity contribution in [2.24, 2.45) is 0 Å². The van der Waals surface area contributed by atoms with E-state index in [1.165, 1.54) is 0 Å². The van der Waals surface area contributed by atoms with Gasteiger partial charge in [-0.2, -0.15) is 0 Å². The Morgan fingerprint density at radius 1 is 0.880 bits per heavy atom. The van der Waals surface area contributed by atoms with Gasteiger partial charge in [0.15, 0.2) is 5.60 Å². The van der Waals surface area contributed by atoms with Crippen LogP contribution in [0.2, 0.25) is 0 Å². The fourth-order valence-corrected chi connectivity index (χ4v) is 2.35. The van der Waals surface area contributed by atoms with E-state index in [4.69, 9.17) is 0 Å². The van der Waals surface area contributed by atoms with Gasteiger partial charge in [0, 0.05) is 0 Å². The molecule has 13 heteroatoms. The van der Waals surface area contributed by atoms with E-state index >= 15 is 0 Å². The van der Waals surface area contributed by atoms with Gasteiger partial charge in [-0.3, -0.25) is 9.59 Å². The smallest absolute Gasteiger partial charge is 0.420 e. The molecule has 0 amide bonds. The molecule has 4 fully saturated rings. The molecule has 1 spiro atoms. The Morgan fingerprint density at radius 2 is 1.48 bits per heavy atom. The molecule has 4 saturated heterocycles. The Bertz CT molecular complexity index is 699. The number of aliphatic hydroxyl groups is 3. The summed E-state index contributed by atoms with van der Waals surface area (Å²) in [5, 5.41) is 29.5. The monoisotopic (exact) mass is 362 g/mol. The van der Waals surface area contributed by atoms with Gasteiger partial charge in [0.1, 0.15) is 6.61 Å². The molecule has 0 aliphatic carbocycles. The Morgan fingerprint density at radius 3 is 2.12 bits per heavy atom. The van der Waals surface area contributed by atoms with Gasteiger partial charge < -0.3 is 39.0 Å². The lowest BCUT2D eigenvalue weighted by Crippen LogP contribution is -2.69. The minimum atomic E-state index is -3.25. The quantitative estimate of drug-likeness (QED) is 0.302. The van der Waals surface area contributed by atoms with E-state index in [1.54, 1.807) is 0 Å². The van der Waals surface area contributed by atoms with Crippen molar-refractivity contribution in [1.82, 2.24) is 0 Å². The second-order valence-electron chi connectivity index (χ2n) is 5.45. The Labute approximate surface area is 136 Å². The number of fused-ring (bicyclic) bond motifs is 3. The van der Waals surface area contributed by atoms with Gasteiger partial charge in [0.05, 0.1) is 12.8 Å². The van der Waals surface area contributed by atoms with E-state index < -0.39 is 72.8 Å². The van der Waals surface area contributed by atoms with Crippen molar-refractivity contribution >= 4 is 29.8 Å². The second-order valence-corrected chi connectivity index (χ2v) is 5.45. The van der Waals surface area contributed by atoms with Crippen LogP contribution in [0.15, 0.2) is 0 Å². The fraction of sp³-hybridized carbons (Fsp3) is 0.583. The number of hydrogen-bond acceptors (Lipinski definition) is 13. The van der Waals surface area contributed by atoms with E-state index in [1.807, 2.05) is 0 Å². The first kappa shape index (κ1) is 17.1. The molecule has 0 aromatic rings. The summed E-state index contributed by atoms with van der Waals surface area (Å²) < 4.78 is 22.6. The third-order valence-corrected chi connectivity index (χ3v) is 3.65. The summed E-state index contributed by atoms with van der Waals surface area (Å²) in [5.41, 5.74) is -2.88. The highest BCUT2D eigenvalue weighted by Gasteiger charge is 2.70. The van der Waals surface area contributed by atoms with Crippen LogP contribution in [0.3, 0.4) is 0 Å². The normalized spacial score (nSPS) is 40.9. The second kappa shape index (κ2) is 5.11. The van der Waals surface area contributed by atoms with Gasteiger partial charge >= 0.3 is 41.4 Å². The molecule has 13 nitrogen and oxygen atoms in total. The Hall–Kier alpha value is -2.77. The van der Waals surface area contributed by atoms with Crippen LogP contribution in [0.25, 0.3) is 0 Å². The highest BCUT2D eigenvalue weighted by molar-refractivity contribution is 5.98. The lowest BCUT2D eigenvalue weighted by atomic mass is 9.95. The summed E-state index contributed by atoms with van der Waals surface area (Å²) in [5.74, 6) is -14.6. The van der Waals surface area contributed by atoms with Gasteiger partial charge in [-0.15, -0.1) is 0 Å². The summed E-state index contributed by atoms with van der Waals surface area (Å²) in [7, 11) is 0. The number of esters is 5. The summed E-state index contributed by atoms with van der Waals surface area (Å²) in [4.78, 5) is 60.2. The van der Waals surface area contributed by atoms with Crippen molar-refractivity contribution in [2.45, 2.75) is 36.3 Å². The third kappa shape index (κ3) is 2.32. The van der Waals surface area contributed by atoms with Gasteiger partial charge in [-0.25, -0.2) is 14.4 Å². The molecule has 0 radical (unpaired) electrons. The standard InChI is InChI=1S/C12H10O13/c13-3-11-7(17)25-12(9(19)24-11)8(18)21-4(14)1-10(20,6(16)23-11)2-5(15)22-12/h8,13,18,20H,1-3H2. The van der Waals surface area contributed by atoms with Crippen LogP contribution >= 0.6 is 0 Å². The van der Waals surface area contributed by atoms with E-state index in [0.29, 0.717) is 0 Å². The first-order chi connectivity index (χ1) is 11.6. The van der Waals surface area contributed by atoms with Crippen LogP contribution in [-0.2, 0) is 47.7 Å². The van der Waals surface area contributed by atoms with Crippen molar-refractivity contribution < 1.29 is 63.0 Å². The maximum atomic E-state index is 12.2. The zero-order chi connectivity index (χ0) is 18.6. The average Bonchev–Trinajstić information content (AvgIpc) is 2.52. The molecule has 0 aromatic heterocycles. The predicted molar refractivity (Wildman–Crippen MR) is 63.2 cm³/mol. The minimum absolute atomic E-state index is 1.20. The molecule has 3 bridgehead atoms. The summed E-state index contributed by atoms with van der Waals surface area (Å²) in [6.07, 6.45) is -5.08. The number of carbonyl (C=O) groups is 5. The molecule has 0 aromatic carbocycles.